The molecule has 2 aromatic carbocycles. The number of halogens is 1. The highest BCUT2D eigenvalue weighted by Crippen LogP contribution is 2.24. The van der Waals surface area contributed by atoms with E-state index in [1.807, 2.05) is 4.90 Å². The number of amides is 2. The Morgan fingerprint density at radius 3 is 2.40 bits per heavy atom. The summed E-state index contributed by atoms with van der Waals surface area (Å²) in [6, 6.07) is 15.2. The SMILES string of the molecule is Cc1ccc(N2CCN(C(=O)Nc3ccc(C#N)cc3)CC2)cc1Br. The summed E-state index contributed by atoms with van der Waals surface area (Å²) >= 11 is 3.57. The molecule has 1 heterocycles. The summed E-state index contributed by atoms with van der Waals surface area (Å²) in [6.45, 7) is 5.02. The molecule has 5 nitrogen and oxygen atoms in total. The van der Waals surface area contributed by atoms with Crippen LogP contribution in [0.25, 0.3) is 0 Å². The van der Waals surface area contributed by atoms with E-state index in [2.05, 4.69) is 57.3 Å². The van der Waals surface area contributed by atoms with E-state index in [9.17, 15) is 4.79 Å². The van der Waals surface area contributed by atoms with Crippen LogP contribution in [0, 0.1) is 18.3 Å². The van der Waals surface area contributed by atoms with E-state index in [0.29, 0.717) is 24.3 Å². The smallest absolute Gasteiger partial charge is 0.321 e. The molecule has 128 valence electrons. The minimum absolute atomic E-state index is 0.102. The number of nitrogens with one attached hydrogen (secondary N) is 1. The van der Waals surface area contributed by atoms with Crippen LogP contribution in [0.3, 0.4) is 0 Å². The summed E-state index contributed by atoms with van der Waals surface area (Å²) in [5, 5.41) is 11.7. The number of piperazine rings is 1. The highest BCUT2D eigenvalue weighted by Gasteiger charge is 2.21. The summed E-state index contributed by atoms with van der Waals surface area (Å²) in [5.74, 6) is 0. The first-order valence-electron chi connectivity index (χ1n) is 8.14. The third-order valence-corrected chi connectivity index (χ3v) is 5.21. The van der Waals surface area contributed by atoms with Crippen LogP contribution in [-0.4, -0.2) is 37.1 Å². The Labute approximate surface area is 156 Å². The summed E-state index contributed by atoms with van der Waals surface area (Å²) in [6.07, 6.45) is 0. The standard InChI is InChI=1S/C19H19BrN4O/c1-14-2-7-17(12-18(14)20)23-8-10-24(11-9-23)19(25)22-16-5-3-15(13-21)4-6-16/h2-7,12H,8-11H2,1H3,(H,22,25). The first kappa shape index (κ1) is 17.3. The Morgan fingerprint density at radius 2 is 1.80 bits per heavy atom. The Kier molecular flexibility index (Phi) is 5.25. The van der Waals surface area contributed by atoms with Crippen LogP contribution in [0.15, 0.2) is 46.9 Å². The fourth-order valence-corrected chi connectivity index (χ4v) is 3.14. The molecule has 0 saturated carbocycles. The van der Waals surface area contributed by atoms with E-state index in [-0.39, 0.29) is 6.03 Å². The molecule has 3 rings (SSSR count). The van der Waals surface area contributed by atoms with Gasteiger partial charge >= 0.3 is 6.03 Å². The average Bonchev–Trinajstić information content (AvgIpc) is 2.65. The van der Waals surface area contributed by atoms with E-state index >= 15 is 0 Å². The lowest BCUT2D eigenvalue weighted by Crippen LogP contribution is -2.50. The van der Waals surface area contributed by atoms with Gasteiger partial charge in [-0.25, -0.2) is 4.79 Å². The summed E-state index contributed by atoms with van der Waals surface area (Å²) in [4.78, 5) is 16.5. The third kappa shape index (κ3) is 4.12. The molecule has 2 aromatic rings. The molecular formula is C19H19BrN4O. The van der Waals surface area contributed by atoms with Gasteiger partial charge in [0.2, 0.25) is 0 Å². The monoisotopic (exact) mass is 398 g/mol. The third-order valence-electron chi connectivity index (χ3n) is 4.35. The zero-order valence-corrected chi connectivity index (χ0v) is 15.6. The minimum Gasteiger partial charge on any atom is -0.368 e. The molecule has 0 aliphatic carbocycles. The predicted octanol–water partition coefficient (Wildman–Crippen LogP) is 3.98. The molecule has 1 saturated heterocycles. The minimum atomic E-state index is -0.102. The molecule has 25 heavy (non-hydrogen) atoms. The molecular weight excluding hydrogens is 380 g/mol. The molecule has 0 aromatic heterocycles. The number of urea groups is 1. The van der Waals surface area contributed by atoms with Gasteiger partial charge in [-0.3, -0.25) is 0 Å². The molecule has 1 aliphatic rings. The Morgan fingerprint density at radius 1 is 1.12 bits per heavy atom. The van der Waals surface area contributed by atoms with Gasteiger partial charge in [-0.2, -0.15) is 5.26 Å². The number of carbonyl (C=O) groups is 1. The zero-order chi connectivity index (χ0) is 17.8. The number of nitrogens with zero attached hydrogens (tertiary/aromatic N) is 3. The second kappa shape index (κ2) is 7.58. The van der Waals surface area contributed by atoms with Crippen LogP contribution in [0.2, 0.25) is 0 Å². The van der Waals surface area contributed by atoms with Gasteiger partial charge in [-0.05, 0) is 48.9 Å². The van der Waals surface area contributed by atoms with Crippen molar-refractivity contribution in [1.29, 1.82) is 5.26 Å². The molecule has 1 fully saturated rings. The van der Waals surface area contributed by atoms with Crippen LogP contribution in [0.4, 0.5) is 16.2 Å². The molecule has 2 amide bonds. The first-order valence-corrected chi connectivity index (χ1v) is 8.93. The molecule has 0 radical (unpaired) electrons. The predicted molar refractivity (Wildman–Crippen MR) is 103 cm³/mol. The number of hydrogen-bond acceptors (Lipinski definition) is 3. The number of rotatable bonds is 2. The van der Waals surface area contributed by atoms with E-state index in [1.54, 1.807) is 24.3 Å². The largest absolute Gasteiger partial charge is 0.368 e. The van der Waals surface area contributed by atoms with Crippen molar-refractivity contribution in [1.82, 2.24) is 4.90 Å². The second-order valence-corrected chi connectivity index (χ2v) is 6.88. The number of nitriles is 1. The maximum absolute atomic E-state index is 12.4. The highest BCUT2D eigenvalue weighted by molar-refractivity contribution is 9.10. The van der Waals surface area contributed by atoms with Crippen LogP contribution in [0.1, 0.15) is 11.1 Å². The fourth-order valence-electron chi connectivity index (χ4n) is 2.78. The van der Waals surface area contributed by atoms with Gasteiger partial charge in [0.05, 0.1) is 11.6 Å². The lowest BCUT2D eigenvalue weighted by atomic mass is 10.2. The Balaban J connectivity index is 1.56. The number of hydrogen-bond donors (Lipinski definition) is 1. The Hall–Kier alpha value is -2.52. The number of benzene rings is 2. The van der Waals surface area contributed by atoms with Gasteiger partial charge in [-0.1, -0.05) is 22.0 Å². The second-order valence-electron chi connectivity index (χ2n) is 6.03. The summed E-state index contributed by atoms with van der Waals surface area (Å²) < 4.78 is 1.10. The van der Waals surface area contributed by atoms with E-state index < -0.39 is 0 Å². The van der Waals surface area contributed by atoms with Crippen molar-refractivity contribution in [3.05, 3.63) is 58.1 Å². The van der Waals surface area contributed by atoms with Crippen molar-refractivity contribution in [2.75, 3.05) is 36.4 Å². The Bertz CT molecular complexity index is 805. The molecule has 0 bridgehead atoms. The van der Waals surface area contributed by atoms with Crippen molar-refractivity contribution in [3.63, 3.8) is 0 Å². The summed E-state index contributed by atoms with van der Waals surface area (Å²) in [5.41, 5.74) is 3.67. The van der Waals surface area contributed by atoms with Gasteiger partial charge in [0.25, 0.3) is 0 Å². The van der Waals surface area contributed by atoms with Crippen molar-refractivity contribution < 1.29 is 4.79 Å². The molecule has 0 spiro atoms. The molecule has 1 N–H and O–H groups in total. The lowest BCUT2D eigenvalue weighted by Gasteiger charge is -2.36. The van der Waals surface area contributed by atoms with Crippen LogP contribution in [0.5, 0.6) is 0 Å². The van der Waals surface area contributed by atoms with Crippen LogP contribution >= 0.6 is 15.9 Å². The number of aryl methyl sites for hydroxylation is 1. The quantitative estimate of drug-likeness (QED) is 0.831. The van der Waals surface area contributed by atoms with E-state index in [1.165, 1.54) is 11.3 Å². The van der Waals surface area contributed by atoms with Crippen molar-refractivity contribution in [3.8, 4) is 6.07 Å². The van der Waals surface area contributed by atoms with E-state index in [0.717, 1.165) is 17.6 Å². The van der Waals surface area contributed by atoms with Crippen LogP contribution in [-0.2, 0) is 0 Å². The summed E-state index contributed by atoms with van der Waals surface area (Å²) in [7, 11) is 0. The van der Waals surface area contributed by atoms with Crippen molar-refractivity contribution >= 4 is 33.3 Å². The first-order chi connectivity index (χ1) is 12.1. The van der Waals surface area contributed by atoms with Gasteiger partial charge in [-0.15, -0.1) is 0 Å². The lowest BCUT2D eigenvalue weighted by molar-refractivity contribution is 0.208. The van der Waals surface area contributed by atoms with E-state index in [4.69, 9.17) is 5.26 Å². The van der Waals surface area contributed by atoms with Gasteiger partial charge < -0.3 is 15.1 Å². The topological polar surface area (TPSA) is 59.4 Å². The molecule has 6 heteroatoms. The molecule has 0 unspecified atom stereocenters. The van der Waals surface area contributed by atoms with Gasteiger partial charge in [0.15, 0.2) is 0 Å². The fraction of sp³-hybridized carbons (Fsp3) is 0.263. The van der Waals surface area contributed by atoms with Gasteiger partial charge in [0.1, 0.15) is 0 Å². The highest BCUT2D eigenvalue weighted by atomic mass is 79.9. The molecule has 0 atom stereocenters. The maximum atomic E-state index is 12.4. The normalized spacial score (nSPS) is 14.1. The van der Waals surface area contributed by atoms with Gasteiger partial charge in [0, 0.05) is 42.0 Å². The maximum Gasteiger partial charge on any atom is 0.321 e. The zero-order valence-electron chi connectivity index (χ0n) is 14.0. The number of anilines is 2. The number of carbonyl (C=O) groups excluding carboxylic acids is 1. The molecule has 1 aliphatic heterocycles. The van der Waals surface area contributed by atoms with Crippen molar-refractivity contribution in [2.45, 2.75) is 6.92 Å². The average molecular weight is 399 g/mol. The van der Waals surface area contributed by atoms with Crippen molar-refractivity contribution in [2.24, 2.45) is 0 Å². The van der Waals surface area contributed by atoms with Crippen LogP contribution < -0.4 is 10.2 Å².